The number of rotatable bonds is 7. The molecule has 200 valence electrons. The minimum Gasteiger partial charge on any atom is -0.457 e. The lowest BCUT2D eigenvalue weighted by molar-refractivity contribution is -0.137. The van der Waals surface area contributed by atoms with Crippen molar-refractivity contribution in [3.63, 3.8) is 0 Å². The van der Waals surface area contributed by atoms with Crippen LogP contribution in [0.5, 0.6) is 11.5 Å². The van der Waals surface area contributed by atoms with Crippen molar-refractivity contribution in [1.82, 2.24) is 15.8 Å². The fourth-order valence-corrected chi connectivity index (χ4v) is 3.29. The molecule has 0 aliphatic carbocycles. The Morgan fingerprint density at radius 1 is 0.921 bits per heavy atom. The van der Waals surface area contributed by atoms with Crippen LogP contribution in [0.1, 0.15) is 36.3 Å². The van der Waals surface area contributed by atoms with Crippen LogP contribution in [-0.2, 0) is 11.0 Å². The maximum absolute atomic E-state index is 13.0. The number of carbonyl (C=O) groups excluding carboxylic acids is 3. The summed E-state index contributed by atoms with van der Waals surface area (Å²) in [6, 6.07) is 11.3. The zero-order valence-corrected chi connectivity index (χ0v) is 20.9. The van der Waals surface area contributed by atoms with Gasteiger partial charge in [-0.2, -0.15) is 13.2 Å². The molecule has 0 fully saturated rings. The third kappa shape index (κ3) is 8.37. The molecule has 0 radical (unpaired) electrons. The standard InChI is InChI=1S/C25H23ClF3N5O4/c1-14(2)11-22(35)33-34-23(36)21-13-18(9-10-30-21)38-17-6-3-15(4-7-17)31-24(37)32-16-5-8-20(26)19(12-16)25(27,28)29/h3-10,12-14H,11H2,1-2H3,(H,33,35)(H,34,36)(H2,31,32,37). The first-order valence-electron chi connectivity index (χ1n) is 11.2. The quantitative estimate of drug-likeness (QED) is 0.269. The summed E-state index contributed by atoms with van der Waals surface area (Å²) in [7, 11) is 0. The molecule has 9 nitrogen and oxygen atoms in total. The SMILES string of the molecule is CC(C)CC(=O)NNC(=O)c1cc(Oc2ccc(NC(=O)Nc3ccc(Cl)c(C(F)(F)F)c3)cc2)ccn1. The van der Waals surface area contributed by atoms with Crippen molar-refractivity contribution in [2.75, 3.05) is 10.6 Å². The van der Waals surface area contributed by atoms with E-state index in [0.717, 1.165) is 12.1 Å². The van der Waals surface area contributed by atoms with Crippen molar-refractivity contribution >= 4 is 40.8 Å². The monoisotopic (exact) mass is 549 g/mol. The van der Waals surface area contributed by atoms with Gasteiger partial charge < -0.3 is 15.4 Å². The Kier molecular flexibility index (Phi) is 9.13. The third-order valence-corrected chi connectivity index (χ3v) is 5.08. The number of hydrogen-bond donors (Lipinski definition) is 4. The molecule has 1 aromatic heterocycles. The highest BCUT2D eigenvalue weighted by atomic mass is 35.5. The first-order valence-corrected chi connectivity index (χ1v) is 11.6. The van der Waals surface area contributed by atoms with Crippen LogP contribution in [0.2, 0.25) is 5.02 Å². The second-order valence-electron chi connectivity index (χ2n) is 8.38. The van der Waals surface area contributed by atoms with Gasteiger partial charge in [0.25, 0.3) is 5.91 Å². The number of nitrogens with one attached hydrogen (secondary N) is 4. The highest BCUT2D eigenvalue weighted by Crippen LogP contribution is 2.36. The lowest BCUT2D eigenvalue weighted by Gasteiger charge is -2.13. The molecule has 0 unspecified atom stereocenters. The minimum absolute atomic E-state index is 0.0122. The number of nitrogens with zero attached hydrogens (tertiary/aromatic N) is 1. The number of aromatic nitrogens is 1. The molecule has 13 heteroatoms. The Morgan fingerprint density at radius 3 is 2.24 bits per heavy atom. The normalized spacial score (nSPS) is 11.0. The Balaban J connectivity index is 1.56. The Labute approximate surface area is 220 Å². The molecule has 38 heavy (non-hydrogen) atoms. The first-order chi connectivity index (χ1) is 17.9. The third-order valence-electron chi connectivity index (χ3n) is 4.75. The molecule has 0 atom stereocenters. The molecule has 4 N–H and O–H groups in total. The van der Waals surface area contributed by atoms with Crippen molar-refractivity contribution in [1.29, 1.82) is 0 Å². The van der Waals surface area contributed by atoms with Crippen LogP contribution < -0.4 is 26.2 Å². The van der Waals surface area contributed by atoms with E-state index in [9.17, 15) is 27.6 Å². The average molecular weight is 550 g/mol. The van der Waals surface area contributed by atoms with Crippen LogP contribution in [-0.4, -0.2) is 22.8 Å². The lowest BCUT2D eigenvalue weighted by atomic mass is 10.1. The van der Waals surface area contributed by atoms with Crippen LogP contribution in [0.25, 0.3) is 0 Å². The smallest absolute Gasteiger partial charge is 0.417 e. The number of hydrazine groups is 1. The second kappa shape index (κ2) is 12.3. The van der Waals surface area contributed by atoms with E-state index >= 15 is 0 Å². The van der Waals surface area contributed by atoms with Crippen LogP contribution in [0.3, 0.4) is 0 Å². The van der Waals surface area contributed by atoms with Crippen molar-refractivity contribution < 1.29 is 32.3 Å². The summed E-state index contributed by atoms with van der Waals surface area (Å²) in [6.45, 7) is 3.75. The molecule has 0 saturated heterocycles. The molecular weight excluding hydrogens is 527 g/mol. The molecule has 0 bridgehead atoms. The highest BCUT2D eigenvalue weighted by Gasteiger charge is 2.33. The van der Waals surface area contributed by atoms with Crippen LogP contribution >= 0.6 is 11.6 Å². The fourth-order valence-electron chi connectivity index (χ4n) is 3.07. The van der Waals surface area contributed by atoms with E-state index in [1.54, 1.807) is 0 Å². The molecule has 3 aromatic rings. The largest absolute Gasteiger partial charge is 0.457 e. The van der Waals surface area contributed by atoms with Gasteiger partial charge in [-0.05, 0) is 54.4 Å². The number of amides is 4. The van der Waals surface area contributed by atoms with Gasteiger partial charge in [0.1, 0.15) is 17.2 Å². The molecule has 2 aromatic carbocycles. The number of pyridine rings is 1. The first kappa shape index (κ1) is 28.3. The van der Waals surface area contributed by atoms with Gasteiger partial charge in [-0.3, -0.25) is 25.4 Å². The van der Waals surface area contributed by atoms with Gasteiger partial charge in [-0.25, -0.2) is 4.79 Å². The predicted molar refractivity (Wildman–Crippen MR) is 135 cm³/mol. The number of halogens is 4. The van der Waals surface area contributed by atoms with E-state index < -0.39 is 28.7 Å². The van der Waals surface area contributed by atoms with Gasteiger partial charge in [0.15, 0.2) is 0 Å². The lowest BCUT2D eigenvalue weighted by Crippen LogP contribution is -2.42. The summed E-state index contributed by atoms with van der Waals surface area (Å²) in [5.74, 6) is -0.164. The van der Waals surface area contributed by atoms with Gasteiger partial charge in [0.2, 0.25) is 5.91 Å². The highest BCUT2D eigenvalue weighted by molar-refractivity contribution is 6.31. The molecular formula is C25H23ClF3N5O4. The average Bonchev–Trinajstić information content (AvgIpc) is 2.84. The van der Waals surface area contributed by atoms with Crippen molar-refractivity contribution in [3.8, 4) is 11.5 Å². The zero-order chi connectivity index (χ0) is 27.9. The summed E-state index contributed by atoms with van der Waals surface area (Å²) in [5, 5.41) is 4.34. The second-order valence-corrected chi connectivity index (χ2v) is 8.78. The molecule has 0 spiro atoms. The van der Waals surface area contributed by atoms with E-state index in [2.05, 4.69) is 26.5 Å². The van der Waals surface area contributed by atoms with Gasteiger partial charge >= 0.3 is 12.2 Å². The Hall–Kier alpha value is -4.32. The Bertz CT molecular complexity index is 1320. The molecule has 3 rings (SSSR count). The topological polar surface area (TPSA) is 121 Å². The van der Waals surface area contributed by atoms with E-state index in [-0.39, 0.29) is 29.6 Å². The predicted octanol–water partition coefficient (Wildman–Crippen LogP) is 6.00. The van der Waals surface area contributed by atoms with Crippen LogP contribution in [0, 0.1) is 5.92 Å². The summed E-state index contributed by atoms with van der Waals surface area (Å²) >= 11 is 5.59. The molecule has 0 aliphatic heterocycles. The molecule has 1 heterocycles. The summed E-state index contributed by atoms with van der Waals surface area (Å²) in [6.07, 6.45) is -3.05. The van der Waals surface area contributed by atoms with Gasteiger partial charge in [0.05, 0.1) is 10.6 Å². The number of urea groups is 1. The number of benzene rings is 2. The van der Waals surface area contributed by atoms with Crippen molar-refractivity contribution in [2.45, 2.75) is 26.4 Å². The minimum atomic E-state index is -4.66. The van der Waals surface area contributed by atoms with Gasteiger partial charge in [-0.1, -0.05) is 25.4 Å². The van der Waals surface area contributed by atoms with Crippen LogP contribution in [0.4, 0.5) is 29.3 Å². The number of ether oxygens (including phenoxy) is 1. The van der Waals surface area contributed by atoms with E-state index in [1.165, 1.54) is 48.7 Å². The number of hydrogen-bond acceptors (Lipinski definition) is 5. The van der Waals surface area contributed by atoms with Crippen LogP contribution in [0.15, 0.2) is 60.8 Å². The number of carbonyl (C=O) groups is 3. The molecule has 0 aliphatic rings. The Morgan fingerprint density at radius 2 is 1.58 bits per heavy atom. The number of alkyl halides is 3. The zero-order valence-electron chi connectivity index (χ0n) is 20.2. The van der Waals surface area contributed by atoms with Gasteiger partial charge in [-0.15, -0.1) is 0 Å². The maximum Gasteiger partial charge on any atom is 0.417 e. The van der Waals surface area contributed by atoms with Crippen molar-refractivity contribution in [3.05, 3.63) is 77.1 Å². The van der Waals surface area contributed by atoms with Gasteiger partial charge in [0, 0.05) is 30.1 Å². The maximum atomic E-state index is 13.0. The van der Waals surface area contributed by atoms with E-state index in [4.69, 9.17) is 16.3 Å². The molecule has 4 amide bonds. The van der Waals surface area contributed by atoms with E-state index in [0.29, 0.717) is 17.2 Å². The fraction of sp³-hybridized carbons (Fsp3) is 0.200. The molecule has 0 saturated carbocycles. The van der Waals surface area contributed by atoms with E-state index in [1.807, 2.05) is 13.8 Å². The summed E-state index contributed by atoms with van der Waals surface area (Å²) in [5.41, 5.74) is 3.80. The number of anilines is 2. The summed E-state index contributed by atoms with van der Waals surface area (Å²) < 4.78 is 44.7. The van der Waals surface area contributed by atoms with Crippen molar-refractivity contribution in [2.24, 2.45) is 5.92 Å². The summed E-state index contributed by atoms with van der Waals surface area (Å²) in [4.78, 5) is 40.1.